The third kappa shape index (κ3) is 6.56. The van der Waals surface area contributed by atoms with Crippen LogP contribution in [0, 0.1) is 0 Å². The van der Waals surface area contributed by atoms with Crippen LogP contribution in [0.5, 0.6) is 11.5 Å². The Balaban J connectivity index is 2.52. The molecule has 0 bridgehead atoms. The van der Waals surface area contributed by atoms with Gasteiger partial charge in [0.15, 0.2) is 11.5 Å². The van der Waals surface area contributed by atoms with Crippen molar-refractivity contribution in [1.29, 1.82) is 0 Å². The molecule has 128 valence electrons. The predicted octanol–water partition coefficient (Wildman–Crippen LogP) is 0.251. The molecule has 0 saturated carbocycles. The summed E-state index contributed by atoms with van der Waals surface area (Å²) in [5.74, 6) is -0.112. The van der Waals surface area contributed by atoms with Gasteiger partial charge in [0.2, 0.25) is 0 Å². The van der Waals surface area contributed by atoms with Crippen LogP contribution in [0.25, 0.3) is 0 Å². The van der Waals surface area contributed by atoms with Crippen molar-refractivity contribution in [3.8, 4) is 11.5 Å². The van der Waals surface area contributed by atoms with Crippen molar-refractivity contribution in [3.05, 3.63) is 23.8 Å². The lowest BCUT2D eigenvalue weighted by atomic mass is 10.1. The number of amides is 2. The Bertz CT molecular complexity index is 519. The smallest absolute Gasteiger partial charge is 0.309 e. The van der Waals surface area contributed by atoms with Gasteiger partial charge in [-0.25, -0.2) is 0 Å². The van der Waals surface area contributed by atoms with Gasteiger partial charge in [-0.3, -0.25) is 9.59 Å². The number of carbonyl (C=O) groups is 2. The number of rotatable bonds is 9. The van der Waals surface area contributed by atoms with E-state index < -0.39 is 11.8 Å². The summed E-state index contributed by atoms with van der Waals surface area (Å²) in [4.78, 5) is 22.8. The Labute approximate surface area is 136 Å². The highest BCUT2D eigenvalue weighted by atomic mass is 16.5. The number of benzene rings is 1. The molecule has 0 fully saturated rings. The molecule has 3 N–H and O–H groups in total. The minimum atomic E-state index is -0.749. The summed E-state index contributed by atoms with van der Waals surface area (Å²) in [6.45, 7) is 5.07. The Kier molecular flexibility index (Phi) is 8.52. The number of nitrogens with one attached hydrogen (secondary N) is 2. The van der Waals surface area contributed by atoms with E-state index >= 15 is 0 Å². The van der Waals surface area contributed by atoms with Crippen LogP contribution in [-0.4, -0.2) is 49.8 Å². The summed E-state index contributed by atoms with van der Waals surface area (Å²) in [5.41, 5.74) is 0.966. The first-order chi connectivity index (χ1) is 11.1. The van der Waals surface area contributed by atoms with E-state index in [1.165, 1.54) is 0 Å². The van der Waals surface area contributed by atoms with Gasteiger partial charge < -0.3 is 25.2 Å². The molecule has 0 aliphatic rings. The summed E-state index contributed by atoms with van der Waals surface area (Å²) in [7, 11) is 0. The van der Waals surface area contributed by atoms with Crippen LogP contribution in [0.2, 0.25) is 0 Å². The minimum absolute atomic E-state index is 0.0584. The fourth-order valence-corrected chi connectivity index (χ4v) is 1.90. The van der Waals surface area contributed by atoms with Crippen molar-refractivity contribution in [2.24, 2.45) is 0 Å². The third-order valence-corrected chi connectivity index (χ3v) is 2.91. The fourth-order valence-electron chi connectivity index (χ4n) is 1.90. The van der Waals surface area contributed by atoms with Crippen LogP contribution in [-0.2, 0) is 16.0 Å². The topological polar surface area (TPSA) is 96.9 Å². The van der Waals surface area contributed by atoms with Crippen LogP contribution in [0.4, 0.5) is 0 Å². The zero-order valence-electron chi connectivity index (χ0n) is 13.6. The van der Waals surface area contributed by atoms with Gasteiger partial charge in [-0.05, 0) is 38.0 Å². The first-order valence-corrected chi connectivity index (χ1v) is 7.67. The van der Waals surface area contributed by atoms with E-state index in [0.29, 0.717) is 37.7 Å². The molecule has 0 heterocycles. The maximum absolute atomic E-state index is 11.5. The van der Waals surface area contributed by atoms with Gasteiger partial charge in [0.05, 0.1) is 19.8 Å². The van der Waals surface area contributed by atoms with E-state index in [0.717, 1.165) is 5.56 Å². The monoisotopic (exact) mass is 324 g/mol. The molecule has 0 aromatic heterocycles. The predicted molar refractivity (Wildman–Crippen MR) is 85.6 cm³/mol. The Morgan fingerprint density at radius 2 is 1.61 bits per heavy atom. The van der Waals surface area contributed by atoms with E-state index in [4.69, 9.17) is 14.6 Å². The normalized spacial score (nSPS) is 10.0. The molecule has 0 atom stereocenters. The average Bonchev–Trinajstić information content (AvgIpc) is 2.55. The molecule has 2 amide bonds. The zero-order chi connectivity index (χ0) is 17.1. The lowest BCUT2D eigenvalue weighted by Gasteiger charge is -2.12. The SMILES string of the molecule is CCOc1ccc(CCNC(=O)C(=O)NCCO)cc1OCC. The van der Waals surface area contributed by atoms with Crippen molar-refractivity contribution in [2.75, 3.05) is 32.9 Å². The molecule has 0 radical (unpaired) electrons. The Morgan fingerprint density at radius 3 is 2.22 bits per heavy atom. The molecule has 1 rings (SSSR count). The molecule has 7 heteroatoms. The summed E-state index contributed by atoms with van der Waals surface area (Å²) < 4.78 is 11.0. The standard InChI is InChI=1S/C16H24N2O5/c1-3-22-13-6-5-12(11-14(13)23-4-2)7-8-17-15(20)16(21)18-9-10-19/h5-6,11,19H,3-4,7-10H2,1-2H3,(H,17,20)(H,18,21). The largest absolute Gasteiger partial charge is 0.490 e. The average molecular weight is 324 g/mol. The maximum atomic E-state index is 11.5. The second-order valence-corrected chi connectivity index (χ2v) is 4.63. The van der Waals surface area contributed by atoms with Crippen LogP contribution >= 0.6 is 0 Å². The number of carbonyl (C=O) groups excluding carboxylic acids is 2. The van der Waals surface area contributed by atoms with Crippen molar-refractivity contribution in [2.45, 2.75) is 20.3 Å². The highest BCUT2D eigenvalue weighted by molar-refractivity contribution is 6.35. The minimum Gasteiger partial charge on any atom is -0.490 e. The second kappa shape index (κ2) is 10.4. The maximum Gasteiger partial charge on any atom is 0.309 e. The van der Waals surface area contributed by atoms with Crippen LogP contribution in [0.15, 0.2) is 18.2 Å². The van der Waals surface area contributed by atoms with E-state index in [9.17, 15) is 9.59 Å². The highest BCUT2D eigenvalue weighted by Crippen LogP contribution is 2.28. The second-order valence-electron chi connectivity index (χ2n) is 4.63. The number of aliphatic hydroxyl groups is 1. The molecule has 7 nitrogen and oxygen atoms in total. The van der Waals surface area contributed by atoms with E-state index in [2.05, 4.69) is 10.6 Å². The van der Waals surface area contributed by atoms with Gasteiger partial charge in [0.1, 0.15) is 0 Å². The quantitative estimate of drug-likeness (QED) is 0.566. The summed E-state index contributed by atoms with van der Waals surface area (Å²) in [6, 6.07) is 5.59. The van der Waals surface area contributed by atoms with Gasteiger partial charge in [0.25, 0.3) is 0 Å². The van der Waals surface area contributed by atoms with Crippen molar-refractivity contribution >= 4 is 11.8 Å². The van der Waals surface area contributed by atoms with Crippen LogP contribution in [0.1, 0.15) is 19.4 Å². The molecule has 0 unspecified atom stereocenters. The van der Waals surface area contributed by atoms with Gasteiger partial charge in [-0.1, -0.05) is 6.07 Å². The van der Waals surface area contributed by atoms with Crippen molar-refractivity contribution in [1.82, 2.24) is 10.6 Å². The van der Waals surface area contributed by atoms with Gasteiger partial charge in [-0.2, -0.15) is 0 Å². The summed E-state index contributed by atoms with van der Waals surface area (Å²) in [6.07, 6.45) is 0.561. The molecule has 0 spiro atoms. The number of aliphatic hydroxyl groups excluding tert-OH is 1. The fraction of sp³-hybridized carbons (Fsp3) is 0.500. The summed E-state index contributed by atoms with van der Waals surface area (Å²) in [5, 5.41) is 13.4. The van der Waals surface area contributed by atoms with Crippen molar-refractivity contribution in [3.63, 3.8) is 0 Å². The molecule has 0 aliphatic carbocycles. The van der Waals surface area contributed by atoms with Gasteiger partial charge in [-0.15, -0.1) is 0 Å². The van der Waals surface area contributed by atoms with E-state index in [1.807, 2.05) is 32.0 Å². The van der Waals surface area contributed by atoms with Crippen LogP contribution < -0.4 is 20.1 Å². The lowest BCUT2D eigenvalue weighted by Crippen LogP contribution is -2.41. The summed E-state index contributed by atoms with van der Waals surface area (Å²) >= 11 is 0. The first-order valence-electron chi connectivity index (χ1n) is 7.67. The number of ether oxygens (including phenoxy) is 2. The highest BCUT2D eigenvalue weighted by Gasteiger charge is 2.12. The molecule has 1 aromatic carbocycles. The van der Waals surface area contributed by atoms with Gasteiger partial charge in [0, 0.05) is 13.1 Å². The lowest BCUT2D eigenvalue weighted by molar-refractivity contribution is -0.139. The molecule has 1 aromatic rings. The van der Waals surface area contributed by atoms with Gasteiger partial charge >= 0.3 is 11.8 Å². The number of hydrogen-bond donors (Lipinski definition) is 3. The van der Waals surface area contributed by atoms with Crippen LogP contribution in [0.3, 0.4) is 0 Å². The van der Waals surface area contributed by atoms with E-state index in [1.54, 1.807) is 0 Å². The number of hydrogen-bond acceptors (Lipinski definition) is 5. The first kappa shape index (κ1) is 18.8. The molecule has 23 heavy (non-hydrogen) atoms. The third-order valence-electron chi connectivity index (χ3n) is 2.91. The molecule has 0 aliphatic heterocycles. The Morgan fingerprint density at radius 1 is 1.00 bits per heavy atom. The van der Waals surface area contributed by atoms with Crippen molar-refractivity contribution < 1.29 is 24.2 Å². The van der Waals surface area contributed by atoms with E-state index in [-0.39, 0.29) is 13.2 Å². The Hall–Kier alpha value is -2.28. The molecule has 0 saturated heterocycles. The molecular weight excluding hydrogens is 300 g/mol. The zero-order valence-corrected chi connectivity index (χ0v) is 13.6. The molecular formula is C16H24N2O5.